The van der Waals surface area contributed by atoms with Crippen LogP contribution < -0.4 is 15.5 Å². The maximum absolute atomic E-state index is 12.8. The Bertz CT molecular complexity index is 1320. The number of amides is 2. The van der Waals surface area contributed by atoms with Gasteiger partial charge in [0.15, 0.2) is 0 Å². The first kappa shape index (κ1) is 33.3. The molecule has 2 atom stereocenters. The molecule has 4 rings (SSSR count). The van der Waals surface area contributed by atoms with Crippen molar-refractivity contribution in [2.24, 2.45) is 5.92 Å². The smallest absolute Gasteiger partial charge is 0.394 e. The van der Waals surface area contributed by atoms with Crippen molar-refractivity contribution >= 4 is 33.8 Å². The third-order valence-corrected chi connectivity index (χ3v) is 6.71. The molecule has 0 saturated carbocycles. The van der Waals surface area contributed by atoms with Gasteiger partial charge in [0, 0.05) is 44.3 Å². The molecule has 0 aliphatic carbocycles. The summed E-state index contributed by atoms with van der Waals surface area (Å²) in [7, 11) is -4.67. The van der Waals surface area contributed by atoms with Crippen molar-refractivity contribution < 1.29 is 45.3 Å². The lowest BCUT2D eigenvalue weighted by Crippen LogP contribution is -2.37. The zero-order chi connectivity index (χ0) is 31.1. The normalized spacial score (nSPS) is 18.2. The van der Waals surface area contributed by atoms with Crippen molar-refractivity contribution in [1.29, 1.82) is 0 Å². The van der Waals surface area contributed by atoms with E-state index in [0.717, 1.165) is 22.5 Å². The zero-order valence-corrected chi connectivity index (χ0v) is 24.1. The van der Waals surface area contributed by atoms with Crippen molar-refractivity contribution in [2.45, 2.75) is 38.9 Å². The van der Waals surface area contributed by atoms with Crippen LogP contribution >= 0.6 is 0 Å². The van der Waals surface area contributed by atoms with E-state index in [0.29, 0.717) is 50.8 Å². The fraction of sp³-hybridized carbons (Fsp3) is 0.538. The Kier molecular flexibility index (Phi) is 11.4. The Balaban J connectivity index is 0.000000892. The number of anilines is 3. The predicted octanol–water partition coefficient (Wildman–Crippen LogP) is 3.84. The number of aryl methyl sites for hydroxylation is 1. The number of ether oxygens (including phenoxy) is 1. The van der Waals surface area contributed by atoms with Crippen LogP contribution in [-0.2, 0) is 15.1 Å². The largest absolute Gasteiger partial charge is 0.394 e. The zero-order valence-electron chi connectivity index (χ0n) is 23.3. The molecule has 2 aromatic rings. The molecule has 1 aromatic heterocycles. The maximum Gasteiger partial charge on any atom is 0.394 e. The minimum atomic E-state index is -4.67. The van der Waals surface area contributed by atoms with E-state index in [9.17, 15) is 23.1 Å². The quantitative estimate of drug-likeness (QED) is 0.288. The van der Waals surface area contributed by atoms with Crippen LogP contribution in [0.4, 0.5) is 35.3 Å². The lowest BCUT2D eigenvalue weighted by Gasteiger charge is -2.29. The predicted molar refractivity (Wildman–Crippen MR) is 151 cm³/mol. The van der Waals surface area contributed by atoms with E-state index in [4.69, 9.17) is 27.2 Å². The summed E-state index contributed by atoms with van der Waals surface area (Å²) in [6.45, 7) is 6.84. The van der Waals surface area contributed by atoms with Crippen molar-refractivity contribution in [3.63, 3.8) is 0 Å². The highest BCUT2D eigenvalue weighted by molar-refractivity contribution is 7.79. The third-order valence-electron chi connectivity index (χ3n) is 6.71. The maximum atomic E-state index is 12.8. The summed E-state index contributed by atoms with van der Waals surface area (Å²) >= 11 is 0. The third kappa shape index (κ3) is 10.9. The number of hydrogen-bond donors (Lipinski definition) is 5. The molecule has 2 aliphatic heterocycles. The Labute approximate surface area is 242 Å². The van der Waals surface area contributed by atoms with Gasteiger partial charge in [0.1, 0.15) is 11.6 Å². The van der Waals surface area contributed by atoms with Gasteiger partial charge < -0.3 is 30.3 Å². The number of pyridine rings is 1. The molecule has 42 heavy (non-hydrogen) atoms. The van der Waals surface area contributed by atoms with Gasteiger partial charge in [0.05, 0.1) is 19.8 Å². The Morgan fingerprint density at radius 2 is 1.83 bits per heavy atom. The van der Waals surface area contributed by atoms with Crippen LogP contribution in [0.15, 0.2) is 30.3 Å². The number of aromatic nitrogens is 1. The number of nitrogens with one attached hydrogen (secondary N) is 2. The van der Waals surface area contributed by atoms with E-state index < -0.39 is 34.9 Å². The van der Waals surface area contributed by atoms with E-state index in [-0.39, 0.29) is 19.2 Å². The van der Waals surface area contributed by atoms with Crippen molar-refractivity contribution in [2.75, 3.05) is 61.5 Å². The molecule has 234 valence electrons. The standard InChI is InChI=1S/C26H34F3N5O3.H2O4S/c1-17-3-4-21(31-25(36)34-6-5-19(15-34)14-26(27,28)29)13-22(17)20-11-23(30-18(2)16-35)32-24(12-20)33-7-9-37-10-8-33;1-5(2,3)4/h3-4,11-13,18-19,35H,5-10,14-16H2,1-2H3,(H,30,32)(H,31,36);(H2,1,2,3,4). The second-order valence-corrected chi connectivity index (χ2v) is 11.2. The first-order valence-electron chi connectivity index (χ1n) is 13.3. The highest BCUT2D eigenvalue weighted by Gasteiger charge is 2.36. The minimum absolute atomic E-state index is 0.0420. The van der Waals surface area contributed by atoms with Gasteiger partial charge in [-0.1, -0.05) is 6.07 Å². The molecule has 1 aromatic carbocycles. The van der Waals surface area contributed by atoms with Crippen LogP contribution in [0.1, 0.15) is 25.3 Å². The summed E-state index contributed by atoms with van der Waals surface area (Å²) in [5.74, 6) is 0.846. The second-order valence-electron chi connectivity index (χ2n) is 10.3. The lowest BCUT2D eigenvalue weighted by atomic mass is 10.00. The fourth-order valence-corrected chi connectivity index (χ4v) is 4.72. The van der Waals surface area contributed by atoms with Crippen LogP contribution in [0.3, 0.4) is 0 Å². The van der Waals surface area contributed by atoms with Gasteiger partial charge in [0.25, 0.3) is 0 Å². The molecule has 0 spiro atoms. The van der Waals surface area contributed by atoms with Crippen LogP contribution in [0, 0.1) is 12.8 Å². The molecule has 2 unspecified atom stereocenters. The highest BCUT2D eigenvalue weighted by atomic mass is 32.3. The summed E-state index contributed by atoms with van der Waals surface area (Å²) in [6, 6.07) is 8.88. The topological polar surface area (TPSA) is 165 Å². The van der Waals surface area contributed by atoms with Crippen molar-refractivity contribution in [3.05, 3.63) is 35.9 Å². The van der Waals surface area contributed by atoms with Crippen LogP contribution in [-0.4, -0.2) is 96.8 Å². The molecule has 2 fully saturated rings. The summed E-state index contributed by atoms with van der Waals surface area (Å²) in [6.07, 6.45) is -4.75. The number of aliphatic hydroxyl groups excluding tert-OH is 1. The van der Waals surface area contributed by atoms with Gasteiger partial charge in [-0.05, 0) is 67.1 Å². The van der Waals surface area contributed by atoms with Crippen LogP contribution in [0.2, 0.25) is 0 Å². The van der Waals surface area contributed by atoms with Gasteiger partial charge >= 0.3 is 22.6 Å². The van der Waals surface area contributed by atoms with Gasteiger partial charge in [-0.25, -0.2) is 9.78 Å². The number of urea groups is 1. The number of hydrogen-bond acceptors (Lipinski definition) is 8. The first-order valence-corrected chi connectivity index (χ1v) is 14.7. The van der Waals surface area contributed by atoms with E-state index in [1.807, 2.05) is 38.1 Å². The summed E-state index contributed by atoms with van der Waals surface area (Å²) < 4.78 is 75.3. The number of morpholine rings is 1. The number of alkyl halides is 3. The van der Waals surface area contributed by atoms with E-state index >= 15 is 0 Å². The summed E-state index contributed by atoms with van der Waals surface area (Å²) in [5, 5.41) is 15.6. The van der Waals surface area contributed by atoms with E-state index in [1.54, 1.807) is 6.07 Å². The van der Waals surface area contributed by atoms with Crippen molar-refractivity contribution in [3.8, 4) is 11.1 Å². The van der Waals surface area contributed by atoms with E-state index in [2.05, 4.69) is 15.5 Å². The lowest BCUT2D eigenvalue weighted by molar-refractivity contribution is -0.143. The molecular formula is C26H36F3N5O7S. The highest BCUT2D eigenvalue weighted by Crippen LogP contribution is 2.33. The number of benzene rings is 1. The second kappa shape index (κ2) is 14.3. The summed E-state index contributed by atoms with van der Waals surface area (Å²) in [4.78, 5) is 21.1. The molecule has 0 bridgehead atoms. The molecule has 12 nitrogen and oxygen atoms in total. The first-order chi connectivity index (χ1) is 19.6. The number of likely N-dealkylation sites (tertiary alicyclic amines) is 1. The molecule has 2 saturated heterocycles. The van der Waals surface area contributed by atoms with Crippen LogP contribution in [0.5, 0.6) is 0 Å². The van der Waals surface area contributed by atoms with Gasteiger partial charge in [0.2, 0.25) is 0 Å². The average Bonchev–Trinajstić information content (AvgIpc) is 3.36. The molecule has 2 amide bonds. The number of carbonyl (C=O) groups is 1. The number of nitrogens with zero attached hydrogens (tertiary/aromatic N) is 3. The SMILES string of the molecule is Cc1ccc(NC(=O)N2CCC(CC(F)(F)F)C2)cc1-c1cc(NC(C)CO)nc(N2CCOCC2)c1.O=S(=O)(O)O. The molecule has 5 N–H and O–H groups in total. The Morgan fingerprint density at radius 1 is 1.17 bits per heavy atom. The monoisotopic (exact) mass is 619 g/mol. The van der Waals surface area contributed by atoms with E-state index in [1.165, 1.54) is 4.90 Å². The molecule has 16 heteroatoms. The average molecular weight is 620 g/mol. The van der Waals surface area contributed by atoms with Gasteiger partial charge in [-0.2, -0.15) is 21.6 Å². The molecular weight excluding hydrogens is 583 g/mol. The minimum Gasteiger partial charge on any atom is -0.394 e. The van der Waals surface area contributed by atoms with Gasteiger partial charge in [-0.3, -0.25) is 9.11 Å². The molecule has 3 heterocycles. The fourth-order valence-electron chi connectivity index (χ4n) is 4.72. The number of rotatable bonds is 7. The number of aliphatic hydroxyl groups is 1. The van der Waals surface area contributed by atoms with Crippen molar-refractivity contribution in [1.82, 2.24) is 9.88 Å². The summed E-state index contributed by atoms with van der Waals surface area (Å²) in [5.41, 5.74) is 3.34. The number of halogens is 3. The number of carbonyl (C=O) groups excluding carboxylic acids is 1. The molecule has 2 aliphatic rings. The molecule has 0 radical (unpaired) electrons. The van der Waals surface area contributed by atoms with Gasteiger partial charge in [-0.15, -0.1) is 0 Å². The Morgan fingerprint density at radius 3 is 2.45 bits per heavy atom. The van der Waals surface area contributed by atoms with Crippen LogP contribution in [0.25, 0.3) is 11.1 Å². The Hall–Kier alpha value is -3.18.